The largest absolute Gasteiger partial charge is 0.479 e. The van der Waals surface area contributed by atoms with E-state index in [4.69, 9.17) is 9.84 Å². The normalized spacial score (nSPS) is 23.0. The van der Waals surface area contributed by atoms with E-state index >= 15 is 0 Å². The van der Waals surface area contributed by atoms with Gasteiger partial charge in [0.1, 0.15) is 6.11 Å². The summed E-state index contributed by atoms with van der Waals surface area (Å²) in [6.45, 7) is 7.05. The smallest absolute Gasteiger partial charge is 0.342 e. The number of hydrogen-bond acceptors (Lipinski definition) is 4. The van der Waals surface area contributed by atoms with E-state index in [1.54, 1.807) is 13.8 Å². The molecule has 136 valence electrons. The van der Waals surface area contributed by atoms with Crippen LogP contribution in [-0.2, 0) is 15.1 Å². The van der Waals surface area contributed by atoms with Crippen molar-refractivity contribution in [3.8, 4) is 12.0 Å². The SMILES string of the molecule is Cc1cc(C2CCC(O)C2C#COCC(=O)O)cc(C(C)(C)O)c1C. The summed E-state index contributed by atoms with van der Waals surface area (Å²) in [4.78, 5) is 10.5. The van der Waals surface area contributed by atoms with Crippen LogP contribution in [0.15, 0.2) is 12.1 Å². The van der Waals surface area contributed by atoms with Crippen LogP contribution in [0.25, 0.3) is 0 Å². The van der Waals surface area contributed by atoms with E-state index in [2.05, 4.69) is 18.1 Å². The second kappa shape index (κ2) is 7.47. The second-order valence-electron chi connectivity index (χ2n) is 7.28. The van der Waals surface area contributed by atoms with Gasteiger partial charge in [-0.15, -0.1) is 0 Å². The number of aliphatic hydroxyl groups excluding tert-OH is 1. The quantitative estimate of drug-likeness (QED) is 0.729. The average molecular weight is 346 g/mol. The molecule has 0 bridgehead atoms. The van der Waals surface area contributed by atoms with Crippen LogP contribution < -0.4 is 0 Å². The molecule has 3 unspecified atom stereocenters. The first kappa shape index (κ1) is 19.3. The van der Waals surface area contributed by atoms with E-state index in [1.807, 2.05) is 19.9 Å². The van der Waals surface area contributed by atoms with E-state index in [1.165, 1.54) is 0 Å². The van der Waals surface area contributed by atoms with E-state index < -0.39 is 24.3 Å². The fourth-order valence-electron chi connectivity index (χ4n) is 3.49. The van der Waals surface area contributed by atoms with Crippen LogP contribution in [0.4, 0.5) is 0 Å². The zero-order valence-corrected chi connectivity index (χ0v) is 15.2. The minimum Gasteiger partial charge on any atom is -0.479 e. The molecule has 1 aliphatic carbocycles. The predicted octanol–water partition coefficient (Wildman–Crippen LogP) is 2.45. The van der Waals surface area contributed by atoms with Crippen LogP contribution in [-0.4, -0.2) is 34.0 Å². The summed E-state index contributed by atoms with van der Waals surface area (Å²) in [6.07, 6.45) is 3.27. The molecule has 1 saturated carbocycles. The molecule has 25 heavy (non-hydrogen) atoms. The number of aliphatic hydroxyl groups is 2. The molecule has 1 aliphatic rings. The molecule has 5 heteroatoms. The number of carboxylic acids is 1. The molecule has 1 fully saturated rings. The van der Waals surface area contributed by atoms with Gasteiger partial charge in [0.25, 0.3) is 0 Å². The summed E-state index contributed by atoms with van der Waals surface area (Å²) < 4.78 is 4.80. The fraction of sp³-hybridized carbons (Fsp3) is 0.550. The lowest BCUT2D eigenvalue weighted by Gasteiger charge is -2.25. The Bertz CT molecular complexity index is 705. The molecule has 0 heterocycles. The summed E-state index contributed by atoms with van der Waals surface area (Å²) in [6, 6.07) is 4.08. The van der Waals surface area contributed by atoms with Crippen LogP contribution in [0.3, 0.4) is 0 Å². The highest BCUT2D eigenvalue weighted by atomic mass is 16.5. The Morgan fingerprint density at radius 3 is 2.60 bits per heavy atom. The molecule has 0 aromatic heterocycles. The van der Waals surface area contributed by atoms with Crippen molar-refractivity contribution < 1.29 is 24.9 Å². The van der Waals surface area contributed by atoms with Gasteiger partial charge >= 0.3 is 5.97 Å². The highest BCUT2D eigenvalue weighted by Gasteiger charge is 2.36. The Morgan fingerprint density at radius 2 is 2.00 bits per heavy atom. The maximum Gasteiger partial charge on any atom is 0.342 e. The van der Waals surface area contributed by atoms with Gasteiger partial charge in [-0.2, -0.15) is 0 Å². The number of rotatable bonds is 4. The standard InChI is InChI=1S/C20H26O5/c1-12-9-14(10-17(13(12)2)20(3,4)24)15-5-6-18(21)16(15)7-8-25-11-19(22)23/h9-10,15-16,18,21,24H,5-6,11H2,1-4H3,(H,22,23). The molecule has 1 aromatic rings. The van der Waals surface area contributed by atoms with Gasteiger partial charge in [-0.25, -0.2) is 4.79 Å². The van der Waals surface area contributed by atoms with Crippen molar-refractivity contribution in [1.82, 2.24) is 0 Å². The molecular formula is C20H26O5. The van der Waals surface area contributed by atoms with Gasteiger partial charge in [-0.05, 0) is 62.8 Å². The number of carbonyl (C=O) groups is 1. The van der Waals surface area contributed by atoms with Gasteiger partial charge in [0.05, 0.1) is 17.6 Å². The van der Waals surface area contributed by atoms with Crippen molar-refractivity contribution in [2.75, 3.05) is 6.61 Å². The summed E-state index contributed by atoms with van der Waals surface area (Å²) in [5, 5.41) is 29.3. The molecule has 3 atom stereocenters. The summed E-state index contributed by atoms with van der Waals surface area (Å²) in [7, 11) is 0. The zero-order chi connectivity index (χ0) is 18.8. The highest BCUT2D eigenvalue weighted by molar-refractivity contribution is 5.68. The van der Waals surface area contributed by atoms with Gasteiger partial charge in [0.2, 0.25) is 0 Å². The Kier molecular flexibility index (Phi) is 5.76. The first-order valence-electron chi connectivity index (χ1n) is 8.47. The molecule has 0 spiro atoms. The Labute approximate surface area is 148 Å². The minimum atomic E-state index is -1.08. The molecule has 0 saturated heterocycles. The van der Waals surface area contributed by atoms with E-state index in [0.717, 1.165) is 28.7 Å². The van der Waals surface area contributed by atoms with Gasteiger partial charge in [-0.1, -0.05) is 18.1 Å². The predicted molar refractivity (Wildman–Crippen MR) is 94.0 cm³/mol. The Hall–Kier alpha value is -2.03. The summed E-state index contributed by atoms with van der Waals surface area (Å²) in [5.74, 6) is 1.51. The number of hydrogen-bond donors (Lipinski definition) is 3. The van der Waals surface area contributed by atoms with Gasteiger partial charge in [-0.3, -0.25) is 0 Å². The number of carboxylic acid groups (broad SMARTS) is 1. The van der Waals surface area contributed by atoms with E-state index in [-0.39, 0.29) is 11.8 Å². The van der Waals surface area contributed by atoms with Crippen LogP contribution in [0.2, 0.25) is 0 Å². The van der Waals surface area contributed by atoms with Crippen LogP contribution in [0, 0.1) is 31.8 Å². The van der Waals surface area contributed by atoms with Crippen molar-refractivity contribution in [1.29, 1.82) is 0 Å². The molecular weight excluding hydrogens is 320 g/mol. The maximum absolute atomic E-state index is 10.5. The van der Waals surface area contributed by atoms with Gasteiger partial charge in [0.15, 0.2) is 6.61 Å². The van der Waals surface area contributed by atoms with Crippen LogP contribution >= 0.6 is 0 Å². The summed E-state index contributed by atoms with van der Waals surface area (Å²) >= 11 is 0. The van der Waals surface area contributed by atoms with Crippen molar-refractivity contribution >= 4 is 5.97 Å². The average Bonchev–Trinajstić information content (AvgIpc) is 2.86. The molecule has 1 aromatic carbocycles. The molecule has 0 radical (unpaired) electrons. The monoisotopic (exact) mass is 346 g/mol. The first-order chi connectivity index (χ1) is 11.6. The lowest BCUT2D eigenvalue weighted by molar-refractivity contribution is -0.140. The molecule has 3 N–H and O–H groups in total. The third-order valence-corrected chi connectivity index (χ3v) is 4.89. The van der Waals surface area contributed by atoms with Crippen molar-refractivity contribution in [3.63, 3.8) is 0 Å². The molecule has 0 amide bonds. The lowest BCUT2D eigenvalue weighted by atomic mass is 9.82. The van der Waals surface area contributed by atoms with E-state index in [9.17, 15) is 15.0 Å². The third-order valence-electron chi connectivity index (χ3n) is 4.89. The number of aliphatic carboxylic acids is 1. The summed E-state index contributed by atoms with van der Waals surface area (Å²) in [5.41, 5.74) is 3.10. The lowest BCUT2D eigenvalue weighted by Crippen LogP contribution is -2.20. The van der Waals surface area contributed by atoms with E-state index in [0.29, 0.717) is 6.42 Å². The first-order valence-corrected chi connectivity index (χ1v) is 8.47. The third kappa shape index (κ3) is 4.53. The number of aryl methyl sites for hydroxylation is 1. The fourth-order valence-corrected chi connectivity index (χ4v) is 3.49. The molecule has 0 aliphatic heterocycles. The van der Waals surface area contributed by atoms with Crippen molar-refractivity contribution in [2.45, 2.75) is 58.2 Å². The molecule has 5 nitrogen and oxygen atoms in total. The topological polar surface area (TPSA) is 87.0 Å². The van der Waals surface area contributed by atoms with Crippen LogP contribution in [0.5, 0.6) is 0 Å². The maximum atomic E-state index is 10.5. The highest BCUT2D eigenvalue weighted by Crippen LogP contribution is 2.41. The second-order valence-corrected chi connectivity index (χ2v) is 7.28. The van der Waals surface area contributed by atoms with Crippen molar-refractivity contribution in [2.24, 2.45) is 5.92 Å². The molecule has 2 rings (SSSR count). The van der Waals surface area contributed by atoms with Crippen LogP contribution in [0.1, 0.15) is 54.9 Å². The van der Waals surface area contributed by atoms with Gasteiger partial charge < -0.3 is 20.1 Å². The number of benzene rings is 1. The zero-order valence-electron chi connectivity index (χ0n) is 15.2. The minimum absolute atomic E-state index is 0.0244. The Morgan fingerprint density at radius 1 is 1.32 bits per heavy atom. The van der Waals surface area contributed by atoms with Crippen molar-refractivity contribution in [3.05, 3.63) is 34.4 Å². The number of ether oxygens (including phenoxy) is 1. The Balaban J connectivity index is 2.33. The van der Waals surface area contributed by atoms with Gasteiger partial charge in [0, 0.05) is 5.92 Å².